The summed E-state index contributed by atoms with van der Waals surface area (Å²) in [5.74, 6) is -1.45. The molecule has 3 aliphatic heterocycles. The number of imide groups is 1. The molecule has 4 aliphatic rings. The smallest absolute Gasteiger partial charge is 0.419 e. The molecule has 7 rings (SSSR count). The second-order valence-electron chi connectivity index (χ2n) is 16.8. The molecular formula is C43H49F4N9O5S. The summed E-state index contributed by atoms with van der Waals surface area (Å²) < 4.78 is 62.5. The van der Waals surface area contributed by atoms with E-state index in [0.717, 1.165) is 24.2 Å². The lowest BCUT2D eigenvalue weighted by Crippen LogP contribution is -2.58. The van der Waals surface area contributed by atoms with Gasteiger partial charge in [-0.1, -0.05) is 13.8 Å². The Balaban J connectivity index is 0.961. The SMILES string of the molecule is CC(C)c1cc(N2C(S)N(c3cnc(C#N)c(C(F)(F)F)c3)C(=O)C23CCC3)ccc1OCCN1C[C@@H](C)N(CC(=O)Nc2cc(F)cc(NC3CCC(=O)NC3=O)c2)[C@@H](C)C1. The Morgan fingerprint density at radius 3 is 2.40 bits per heavy atom. The van der Waals surface area contributed by atoms with Crippen LogP contribution in [0.1, 0.15) is 82.5 Å². The molecule has 0 bridgehead atoms. The Labute approximate surface area is 362 Å². The molecule has 19 heteroatoms. The van der Waals surface area contributed by atoms with Gasteiger partial charge in [0.2, 0.25) is 17.7 Å². The van der Waals surface area contributed by atoms with Crippen molar-refractivity contribution in [3.63, 3.8) is 0 Å². The zero-order valence-corrected chi connectivity index (χ0v) is 35.7. The number of carbonyl (C=O) groups is 4. The first kappa shape index (κ1) is 44.6. The van der Waals surface area contributed by atoms with Crippen LogP contribution in [0.3, 0.4) is 0 Å². The van der Waals surface area contributed by atoms with E-state index in [-0.39, 0.29) is 66.5 Å². The molecule has 62 heavy (non-hydrogen) atoms. The van der Waals surface area contributed by atoms with Crippen LogP contribution in [0.15, 0.2) is 48.7 Å². The number of benzene rings is 2. The molecular weight excluding hydrogens is 831 g/mol. The lowest BCUT2D eigenvalue weighted by Gasteiger charge is -2.45. The van der Waals surface area contributed by atoms with Gasteiger partial charge < -0.3 is 20.3 Å². The quantitative estimate of drug-likeness (QED) is 0.0981. The van der Waals surface area contributed by atoms with Crippen LogP contribution in [0.4, 0.5) is 40.3 Å². The predicted molar refractivity (Wildman–Crippen MR) is 226 cm³/mol. The number of hydrogen-bond acceptors (Lipinski definition) is 12. The van der Waals surface area contributed by atoms with Crippen LogP contribution < -0.4 is 30.5 Å². The van der Waals surface area contributed by atoms with Gasteiger partial charge in [-0.25, -0.2) is 9.37 Å². The lowest BCUT2D eigenvalue weighted by molar-refractivity contribution is -0.138. The average molecular weight is 880 g/mol. The number of amides is 4. The third-order valence-electron chi connectivity index (χ3n) is 12.1. The number of nitriles is 1. The minimum atomic E-state index is -4.84. The third-order valence-corrected chi connectivity index (χ3v) is 12.6. The van der Waals surface area contributed by atoms with E-state index in [0.29, 0.717) is 56.2 Å². The first-order valence-electron chi connectivity index (χ1n) is 20.6. The summed E-state index contributed by atoms with van der Waals surface area (Å²) in [7, 11) is 0. The van der Waals surface area contributed by atoms with Gasteiger partial charge in [0.1, 0.15) is 35.8 Å². The normalized spacial score (nSPS) is 23.0. The fourth-order valence-corrected chi connectivity index (χ4v) is 9.51. The molecule has 3 saturated heterocycles. The summed E-state index contributed by atoms with van der Waals surface area (Å²) in [6.45, 7) is 10.5. The van der Waals surface area contributed by atoms with Crippen molar-refractivity contribution >= 4 is 59.0 Å². The monoisotopic (exact) mass is 879 g/mol. The number of aromatic nitrogens is 1. The van der Waals surface area contributed by atoms with Crippen molar-refractivity contribution in [3.05, 3.63) is 71.3 Å². The van der Waals surface area contributed by atoms with Crippen molar-refractivity contribution in [2.45, 2.75) is 101 Å². The van der Waals surface area contributed by atoms with E-state index in [2.05, 4.69) is 30.7 Å². The van der Waals surface area contributed by atoms with Crippen molar-refractivity contribution in [2.24, 2.45) is 0 Å². The molecule has 3 aromatic rings. The van der Waals surface area contributed by atoms with Gasteiger partial charge in [-0.15, -0.1) is 12.6 Å². The fourth-order valence-electron chi connectivity index (χ4n) is 8.91. The van der Waals surface area contributed by atoms with Crippen molar-refractivity contribution in [1.29, 1.82) is 5.26 Å². The molecule has 4 amide bonds. The van der Waals surface area contributed by atoms with E-state index in [1.54, 1.807) is 6.07 Å². The number of piperazine rings is 1. The number of rotatable bonds is 12. The first-order chi connectivity index (χ1) is 29.4. The van der Waals surface area contributed by atoms with E-state index in [9.17, 15) is 42.0 Å². The van der Waals surface area contributed by atoms with Gasteiger partial charge in [0.25, 0.3) is 5.91 Å². The van der Waals surface area contributed by atoms with Crippen LogP contribution in [0.25, 0.3) is 0 Å². The standard InChI is InChI=1S/C43H49F4N9O5S/c1-24(2)32-17-30(56-41(62)55(40(60)42(56)10-5-11-42)31-18-33(43(45,46)47)35(19-48)49-20-31)6-8-36(32)61-13-12-53-21-25(3)54(26(4)22-53)23-38(58)51-29-15-27(44)14-28(16-29)50-34-7-9-37(57)52-39(34)59/h6,8,14-18,20,24-26,34,41,50,62H,5,7,9-13,21-23H2,1-4H3,(H,51,58)(H,52,57,59)/t25-,26+,34?,41?. The summed E-state index contributed by atoms with van der Waals surface area (Å²) in [5.41, 5.74) is -1.91. The second kappa shape index (κ2) is 17.7. The Morgan fingerprint density at radius 2 is 1.77 bits per heavy atom. The number of ether oxygens (including phenoxy) is 1. The van der Waals surface area contributed by atoms with Gasteiger partial charge in [-0.3, -0.25) is 39.2 Å². The average Bonchev–Trinajstić information content (AvgIpc) is 3.42. The maximum Gasteiger partial charge on any atom is 0.419 e. The van der Waals surface area contributed by atoms with E-state index in [1.807, 2.05) is 50.8 Å². The molecule has 1 spiro atoms. The van der Waals surface area contributed by atoms with Crippen LogP contribution in [0.5, 0.6) is 5.75 Å². The number of nitrogens with zero attached hydrogens (tertiary/aromatic N) is 6. The number of pyridine rings is 1. The highest BCUT2D eigenvalue weighted by Gasteiger charge is 2.60. The number of alkyl halides is 3. The number of halogens is 4. The van der Waals surface area contributed by atoms with Gasteiger partial charge in [0.05, 0.1) is 24.0 Å². The second-order valence-corrected chi connectivity index (χ2v) is 17.2. The van der Waals surface area contributed by atoms with Crippen LogP contribution in [-0.2, 0) is 25.4 Å². The Morgan fingerprint density at radius 1 is 1.06 bits per heavy atom. The third kappa shape index (κ3) is 9.04. The van der Waals surface area contributed by atoms with Crippen LogP contribution in [0.2, 0.25) is 0 Å². The van der Waals surface area contributed by atoms with Crippen molar-refractivity contribution < 1.29 is 41.5 Å². The number of thiol groups is 1. The maximum atomic E-state index is 14.5. The largest absolute Gasteiger partial charge is 0.492 e. The topological polar surface area (TPSA) is 163 Å². The fraction of sp³-hybridized carbons (Fsp3) is 0.488. The van der Waals surface area contributed by atoms with Gasteiger partial charge in [0, 0.05) is 55.2 Å². The van der Waals surface area contributed by atoms with Gasteiger partial charge in [0.15, 0.2) is 11.2 Å². The summed E-state index contributed by atoms with van der Waals surface area (Å²) in [6.07, 6.45) is -1.54. The summed E-state index contributed by atoms with van der Waals surface area (Å²) in [6, 6.07) is 11.2. The molecule has 1 saturated carbocycles. The Kier molecular flexibility index (Phi) is 12.8. The Hall–Kier alpha value is -5.45. The molecule has 0 radical (unpaired) electrons. The number of nitrogens with one attached hydrogen (secondary N) is 3. The number of hydrogen-bond donors (Lipinski definition) is 4. The van der Waals surface area contributed by atoms with E-state index >= 15 is 0 Å². The van der Waals surface area contributed by atoms with Gasteiger partial charge in [-0.2, -0.15) is 18.4 Å². The summed E-state index contributed by atoms with van der Waals surface area (Å²) in [4.78, 5) is 62.1. The predicted octanol–water partition coefficient (Wildman–Crippen LogP) is 5.85. The summed E-state index contributed by atoms with van der Waals surface area (Å²) in [5, 5.41) is 17.2. The van der Waals surface area contributed by atoms with Crippen molar-refractivity contribution in [2.75, 3.05) is 53.2 Å². The highest BCUT2D eigenvalue weighted by Crippen LogP contribution is 2.51. The molecule has 2 aromatic carbocycles. The zero-order chi connectivity index (χ0) is 44.7. The number of piperidine rings is 1. The number of anilines is 4. The first-order valence-corrected chi connectivity index (χ1v) is 21.1. The highest BCUT2D eigenvalue weighted by atomic mass is 32.1. The van der Waals surface area contributed by atoms with E-state index in [1.165, 1.54) is 23.1 Å². The molecule has 330 valence electrons. The molecule has 14 nitrogen and oxygen atoms in total. The van der Waals surface area contributed by atoms with Crippen LogP contribution in [-0.4, -0.2) is 100 Å². The minimum Gasteiger partial charge on any atom is -0.492 e. The van der Waals surface area contributed by atoms with E-state index < -0.39 is 46.2 Å². The van der Waals surface area contributed by atoms with Crippen molar-refractivity contribution in [3.8, 4) is 11.8 Å². The molecule has 1 aliphatic carbocycles. The van der Waals surface area contributed by atoms with E-state index in [4.69, 9.17) is 17.4 Å². The van der Waals surface area contributed by atoms with Gasteiger partial charge in [-0.05, 0) is 93.5 Å². The van der Waals surface area contributed by atoms with Crippen LogP contribution in [0, 0.1) is 17.1 Å². The summed E-state index contributed by atoms with van der Waals surface area (Å²) >= 11 is 4.80. The molecule has 3 N–H and O–H groups in total. The zero-order valence-electron chi connectivity index (χ0n) is 34.8. The minimum absolute atomic E-state index is 0.00289. The lowest BCUT2D eigenvalue weighted by atomic mass is 9.75. The molecule has 4 atom stereocenters. The van der Waals surface area contributed by atoms with Crippen molar-refractivity contribution in [1.82, 2.24) is 20.1 Å². The molecule has 1 aromatic heterocycles. The highest BCUT2D eigenvalue weighted by molar-refractivity contribution is 7.81. The molecule has 4 fully saturated rings. The van der Waals surface area contributed by atoms with Crippen LogP contribution >= 0.6 is 12.6 Å². The molecule has 4 heterocycles. The number of carbonyl (C=O) groups excluding carboxylic acids is 4. The Bertz CT molecular complexity index is 2270. The van der Waals surface area contributed by atoms with Gasteiger partial charge >= 0.3 is 6.18 Å². The maximum absolute atomic E-state index is 14.5. The molecule has 2 unspecified atom stereocenters.